The van der Waals surface area contributed by atoms with Crippen LogP contribution in [-0.2, 0) is 0 Å². The van der Waals surface area contributed by atoms with Crippen molar-refractivity contribution >= 4 is 43.4 Å². The van der Waals surface area contributed by atoms with E-state index < -0.39 is 0 Å². The van der Waals surface area contributed by atoms with E-state index in [2.05, 4.69) is 4.98 Å². The molecule has 0 radical (unpaired) electrons. The van der Waals surface area contributed by atoms with Crippen molar-refractivity contribution in [2.45, 2.75) is 0 Å². The molecule has 0 spiro atoms. The summed E-state index contributed by atoms with van der Waals surface area (Å²) in [5, 5.41) is 4.71. The van der Waals surface area contributed by atoms with Crippen LogP contribution < -0.4 is 0 Å². The molecule has 3 heteroatoms. The van der Waals surface area contributed by atoms with Crippen LogP contribution in [0.5, 0.6) is 0 Å². The highest BCUT2D eigenvalue weighted by Crippen LogP contribution is 2.38. The zero-order valence-electron chi connectivity index (χ0n) is 12.0. The minimum Gasteiger partial charge on any atom is -0.354 e. The van der Waals surface area contributed by atoms with Crippen molar-refractivity contribution in [3.05, 3.63) is 72.3 Å². The van der Waals surface area contributed by atoms with Crippen molar-refractivity contribution in [3.63, 3.8) is 0 Å². The molecule has 0 fully saturated rings. The van der Waals surface area contributed by atoms with Crippen molar-refractivity contribution in [2.75, 3.05) is 0 Å². The van der Waals surface area contributed by atoms with E-state index >= 15 is 0 Å². The van der Waals surface area contributed by atoms with Crippen LogP contribution in [0.1, 0.15) is 0 Å². The van der Waals surface area contributed by atoms with E-state index in [9.17, 15) is 8.78 Å². The lowest BCUT2D eigenvalue weighted by Crippen LogP contribution is -1.82. The Hall–Kier alpha value is -2.94. The highest BCUT2D eigenvalue weighted by molar-refractivity contribution is 6.27. The summed E-state index contributed by atoms with van der Waals surface area (Å²) in [5.41, 5.74) is 1.37. The van der Waals surface area contributed by atoms with Gasteiger partial charge in [0.1, 0.15) is 11.6 Å². The van der Waals surface area contributed by atoms with Crippen molar-refractivity contribution in [2.24, 2.45) is 0 Å². The third-order valence-corrected chi connectivity index (χ3v) is 4.51. The van der Waals surface area contributed by atoms with Gasteiger partial charge < -0.3 is 4.98 Å². The Bertz CT molecular complexity index is 1140. The fraction of sp³-hybridized carbons (Fsp3) is 0. The molecule has 110 valence electrons. The van der Waals surface area contributed by atoms with Gasteiger partial charge >= 0.3 is 0 Å². The number of hydrogen-bond donors (Lipinski definition) is 1. The first-order chi connectivity index (χ1) is 11.2. The Morgan fingerprint density at radius 3 is 1.39 bits per heavy atom. The largest absolute Gasteiger partial charge is 0.354 e. The number of H-pyrrole nitrogens is 1. The predicted molar refractivity (Wildman–Crippen MR) is 90.7 cm³/mol. The van der Waals surface area contributed by atoms with Crippen LogP contribution in [-0.4, -0.2) is 4.98 Å². The molecular formula is C20H11F2N. The fourth-order valence-corrected chi connectivity index (χ4v) is 3.54. The van der Waals surface area contributed by atoms with Gasteiger partial charge in [-0.2, -0.15) is 0 Å². The summed E-state index contributed by atoms with van der Waals surface area (Å²) in [6, 6.07) is 17.8. The van der Waals surface area contributed by atoms with Crippen LogP contribution in [0.15, 0.2) is 60.7 Å². The van der Waals surface area contributed by atoms with Crippen molar-refractivity contribution in [1.82, 2.24) is 4.98 Å². The van der Waals surface area contributed by atoms with Crippen LogP contribution in [0.25, 0.3) is 43.4 Å². The summed E-state index contributed by atoms with van der Waals surface area (Å²) in [7, 11) is 0. The van der Waals surface area contributed by atoms with E-state index in [0.29, 0.717) is 21.8 Å². The van der Waals surface area contributed by atoms with Crippen LogP contribution in [0, 0.1) is 11.6 Å². The second kappa shape index (κ2) is 4.29. The minimum atomic E-state index is -0.274. The molecule has 0 unspecified atom stereocenters. The van der Waals surface area contributed by atoms with Gasteiger partial charge in [0, 0.05) is 21.5 Å². The van der Waals surface area contributed by atoms with Gasteiger partial charge in [0.2, 0.25) is 0 Å². The lowest BCUT2D eigenvalue weighted by molar-refractivity contribution is 0.641. The number of nitrogens with one attached hydrogen (secondary N) is 1. The Balaban J connectivity index is 2.18. The lowest BCUT2D eigenvalue weighted by Gasteiger charge is -2.04. The van der Waals surface area contributed by atoms with E-state index in [0.717, 1.165) is 21.5 Å². The molecule has 0 saturated carbocycles. The number of hydrogen-bond acceptors (Lipinski definition) is 0. The van der Waals surface area contributed by atoms with Gasteiger partial charge in [0.25, 0.3) is 0 Å². The zero-order chi connectivity index (χ0) is 15.6. The van der Waals surface area contributed by atoms with E-state index in [1.165, 1.54) is 12.1 Å². The smallest absolute Gasteiger partial charge is 0.133 e. The maximum atomic E-state index is 14.3. The highest BCUT2D eigenvalue weighted by Gasteiger charge is 2.15. The third-order valence-electron chi connectivity index (χ3n) is 4.51. The first-order valence-corrected chi connectivity index (χ1v) is 7.44. The maximum Gasteiger partial charge on any atom is 0.133 e. The van der Waals surface area contributed by atoms with Crippen molar-refractivity contribution in [1.29, 1.82) is 0 Å². The normalized spacial score (nSPS) is 11.9. The van der Waals surface area contributed by atoms with E-state index in [-0.39, 0.29) is 11.6 Å². The third kappa shape index (κ3) is 1.59. The predicted octanol–water partition coefficient (Wildman–Crippen LogP) is 5.91. The van der Waals surface area contributed by atoms with Gasteiger partial charge in [0.05, 0.1) is 11.0 Å². The Morgan fingerprint density at radius 1 is 0.565 bits per heavy atom. The first kappa shape index (κ1) is 12.6. The van der Waals surface area contributed by atoms with Gasteiger partial charge in [-0.25, -0.2) is 8.78 Å². The quantitative estimate of drug-likeness (QED) is 0.366. The van der Waals surface area contributed by atoms with Gasteiger partial charge in [-0.05, 0) is 22.9 Å². The number of aromatic nitrogens is 1. The molecule has 4 aromatic carbocycles. The summed E-state index contributed by atoms with van der Waals surface area (Å²) in [6.07, 6.45) is 0. The molecule has 0 aliphatic rings. The van der Waals surface area contributed by atoms with Gasteiger partial charge in [-0.1, -0.05) is 48.5 Å². The van der Waals surface area contributed by atoms with Crippen LogP contribution in [0.3, 0.4) is 0 Å². The molecule has 1 N–H and O–H groups in total. The maximum absolute atomic E-state index is 14.3. The highest BCUT2D eigenvalue weighted by atomic mass is 19.1. The molecule has 23 heavy (non-hydrogen) atoms. The first-order valence-electron chi connectivity index (χ1n) is 7.44. The van der Waals surface area contributed by atoms with Crippen LogP contribution in [0.2, 0.25) is 0 Å². The molecule has 0 aliphatic heterocycles. The van der Waals surface area contributed by atoms with Gasteiger partial charge in [-0.15, -0.1) is 0 Å². The summed E-state index contributed by atoms with van der Waals surface area (Å²) >= 11 is 0. The molecule has 1 heterocycles. The van der Waals surface area contributed by atoms with Crippen LogP contribution >= 0.6 is 0 Å². The van der Waals surface area contributed by atoms with E-state index in [1.807, 2.05) is 36.4 Å². The van der Waals surface area contributed by atoms with E-state index in [4.69, 9.17) is 0 Å². The molecule has 0 atom stereocenters. The monoisotopic (exact) mass is 303 g/mol. The molecule has 0 aliphatic carbocycles. The lowest BCUT2D eigenvalue weighted by atomic mass is 9.99. The number of aromatic amines is 1. The van der Waals surface area contributed by atoms with Gasteiger partial charge in [-0.3, -0.25) is 0 Å². The second-order valence-electron chi connectivity index (χ2n) is 5.78. The average molecular weight is 303 g/mol. The Morgan fingerprint density at radius 2 is 0.957 bits per heavy atom. The minimum absolute atomic E-state index is 0.274. The average Bonchev–Trinajstić information content (AvgIpc) is 2.93. The number of benzene rings is 4. The molecule has 0 saturated heterocycles. The standard InChI is InChI=1S/C20H11F2N/c21-15-9-17-19(13-7-3-1-5-11(13)15)20-14-8-4-2-6-12(14)16(22)10-18(20)23-17/h1-10,23H. The second-order valence-corrected chi connectivity index (χ2v) is 5.78. The van der Waals surface area contributed by atoms with Crippen LogP contribution in [0.4, 0.5) is 8.78 Å². The Kier molecular flexibility index (Phi) is 2.35. The SMILES string of the molecule is Fc1cc2[nH]c3cc(F)c4ccccc4c3c2c2ccccc12. The zero-order valence-corrected chi connectivity index (χ0v) is 12.0. The topological polar surface area (TPSA) is 15.8 Å². The summed E-state index contributed by atoms with van der Waals surface area (Å²) in [4.78, 5) is 3.16. The molecule has 0 bridgehead atoms. The van der Waals surface area contributed by atoms with E-state index in [1.54, 1.807) is 12.1 Å². The molecule has 1 aromatic heterocycles. The molecule has 0 amide bonds. The fourth-order valence-electron chi connectivity index (χ4n) is 3.54. The number of rotatable bonds is 0. The molecule has 5 aromatic rings. The van der Waals surface area contributed by atoms with Gasteiger partial charge in [0.15, 0.2) is 0 Å². The molecular weight excluding hydrogens is 292 g/mol. The Labute approximate surface area is 130 Å². The summed E-state index contributed by atoms with van der Waals surface area (Å²) in [6.45, 7) is 0. The summed E-state index contributed by atoms with van der Waals surface area (Å²) in [5.74, 6) is -0.547. The van der Waals surface area contributed by atoms with Crippen molar-refractivity contribution in [3.8, 4) is 0 Å². The molecule has 5 rings (SSSR count). The number of fused-ring (bicyclic) bond motifs is 7. The summed E-state index contributed by atoms with van der Waals surface area (Å²) < 4.78 is 28.7. The van der Waals surface area contributed by atoms with Crippen molar-refractivity contribution < 1.29 is 8.78 Å². The molecule has 1 nitrogen and oxygen atoms in total. The number of halogens is 2.